The van der Waals surface area contributed by atoms with Gasteiger partial charge in [-0.15, -0.1) is 10.2 Å². The monoisotopic (exact) mass is 498 g/mol. The van der Waals surface area contributed by atoms with Gasteiger partial charge in [-0.3, -0.25) is 18.6 Å². The van der Waals surface area contributed by atoms with E-state index in [9.17, 15) is 9.59 Å². The Bertz CT molecular complexity index is 1310. The maximum absolute atomic E-state index is 12.9. The number of halogens is 1. The zero-order chi connectivity index (χ0) is 22.3. The highest BCUT2D eigenvalue weighted by molar-refractivity contribution is 9.10. The molecule has 0 N–H and O–H groups in total. The van der Waals surface area contributed by atoms with Crippen LogP contribution < -0.4 is 5.56 Å². The van der Waals surface area contributed by atoms with Gasteiger partial charge in [0.15, 0.2) is 12.4 Å². The lowest BCUT2D eigenvalue weighted by Gasteiger charge is -2.60. The van der Waals surface area contributed by atoms with Crippen molar-refractivity contribution >= 4 is 38.6 Å². The summed E-state index contributed by atoms with van der Waals surface area (Å²) in [5.41, 5.74) is 1.70. The van der Waals surface area contributed by atoms with Gasteiger partial charge in [-0.25, -0.2) is 0 Å². The molecule has 2 atom stereocenters. The molecule has 1 aromatic carbocycles. The van der Waals surface area contributed by atoms with E-state index in [0.717, 1.165) is 42.2 Å². The van der Waals surface area contributed by atoms with E-state index in [1.54, 1.807) is 7.05 Å². The second-order valence-electron chi connectivity index (χ2n) is 10.6. The fourth-order valence-corrected chi connectivity index (χ4v) is 8.71. The quantitative estimate of drug-likeness (QED) is 0.400. The molecule has 2 heterocycles. The van der Waals surface area contributed by atoms with Crippen LogP contribution in [0.1, 0.15) is 56.3 Å². The fourth-order valence-electron chi connectivity index (χ4n) is 7.20. The average molecular weight is 499 g/mol. The Morgan fingerprint density at radius 2 is 1.97 bits per heavy atom. The normalized spacial score (nSPS) is 31.0. The van der Waals surface area contributed by atoms with Gasteiger partial charge >= 0.3 is 5.97 Å². The van der Waals surface area contributed by atoms with Crippen LogP contribution in [-0.4, -0.2) is 29.5 Å². The lowest BCUT2D eigenvalue weighted by Crippen LogP contribution is -2.53. The lowest BCUT2D eigenvalue weighted by molar-refractivity contribution is -0.152. The molecule has 8 heteroatoms. The van der Waals surface area contributed by atoms with Crippen molar-refractivity contribution in [3.8, 4) is 0 Å². The Morgan fingerprint density at radius 3 is 2.69 bits per heavy atom. The van der Waals surface area contributed by atoms with Crippen LogP contribution in [0.2, 0.25) is 0 Å². The third-order valence-corrected chi connectivity index (χ3v) is 8.86. The molecule has 168 valence electrons. The molecule has 32 heavy (non-hydrogen) atoms. The van der Waals surface area contributed by atoms with Gasteiger partial charge in [-0.1, -0.05) is 27.6 Å². The van der Waals surface area contributed by atoms with Crippen molar-refractivity contribution in [3.05, 3.63) is 39.9 Å². The zero-order valence-corrected chi connectivity index (χ0v) is 20.0. The highest BCUT2D eigenvalue weighted by Crippen LogP contribution is 2.65. The second kappa shape index (κ2) is 6.89. The molecule has 0 amide bonds. The standard InChI is InChI=1S/C24H27BrN4O3/c1-14-3-4-18-17(5-14)21(31)28(2)22-27-26-19(29(18)22)12-32-20(30)11-23-7-15-6-16(8-23)10-24(25,9-15)13-23/h3-5,15-16H,6-13H2,1-2H3. The predicted octanol–water partition coefficient (Wildman–Crippen LogP) is 4.06. The van der Waals surface area contributed by atoms with E-state index < -0.39 is 0 Å². The Balaban J connectivity index is 1.26. The van der Waals surface area contributed by atoms with Gasteiger partial charge in [-0.2, -0.15) is 0 Å². The van der Waals surface area contributed by atoms with Crippen LogP contribution in [0.5, 0.6) is 0 Å². The number of ether oxygens (including phenoxy) is 1. The minimum Gasteiger partial charge on any atom is -0.457 e. The van der Waals surface area contributed by atoms with Crippen LogP contribution in [0, 0.1) is 24.2 Å². The van der Waals surface area contributed by atoms with Crippen LogP contribution in [-0.2, 0) is 23.2 Å². The summed E-state index contributed by atoms with van der Waals surface area (Å²) in [5.74, 6) is 2.28. The minimum absolute atomic E-state index is 0.0452. The molecule has 2 aromatic heterocycles. The Labute approximate surface area is 194 Å². The van der Waals surface area contributed by atoms with Crippen LogP contribution >= 0.6 is 15.9 Å². The number of fused-ring (bicyclic) bond motifs is 3. The van der Waals surface area contributed by atoms with E-state index in [4.69, 9.17) is 4.74 Å². The van der Waals surface area contributed by atoms with E-state index in [1.807, 2.05) is 29.5 Å². The van der Waals surface area contributed by atoms with E-state index >= 15 is 0 Å². The van der Waals surface area contributed by atoms with Crippen molar-refractivity contribution in [1.29, 1.82) is 0 Å². The largest absolute Gasteiger partial charge is 0.457 e. The molecule has 0 radical (unpaired) electrons. The average Bonchev–Trinajstić information content (AvgIpc) is 3.12. The van der Waals surface area contributed by atoms with Gasteiger partial charge in [0.2, 0.25) is 5.78 Å². The number of benzene rings is 1. The van der Waals surface area contributed by atoms with E-state index in [0.29, 0.717) is 23.4 Å². The van der Waals surface area contributed by atoms with Crippen molar-refractivity contribution < 1.29 is 9.53 Å². The number of carbonyl (C=O) groups is 1. The van der Waals surface area contributed by atoms with E-state index in [-0.39, 0.29) is 27.9 Å². The van der Waals surface area contributed by atoms with Crippen LogP contribution in [0.25, 0.3) is 16.7 Å². The van der Waals surface area contributed by atoms with E-state index in [2.05, 4.69) is 26.1 Å². The molecule has 3 aromatic rings. The van der Waals surface area contributed by atoms with Crippen molar-refractivity contribution in [2.24, 2.45) is 24.3 Å². The third-order valence-electron chi connectivity index (χ3n) is 7.93. The maximum Gasteiger partial charge on any atom is 0.306 e. The van der Waals surface area contributed by atoms with Gasteiger partial charge in [0.25, 0.3) is 5.56 Å². The molecule has 7 rings (SSSR count). The Morgan fingerprint density at radius 1 is 1.22 bits per heavy atom. The third kappa shape index (κ3) is 3.13. The number of rotatable bonds is 4. The summed E-state index contributed by atoms with van der Waals surface area (Å²) in [4.78, 5) is 25.7. The SMILES string of the molecule is Cc1ccc2c(c1)c(=O)n(C)c1nnc(COC(=O)CC34CC5CC(CC(Br)(C5)C3)C4)n21. The summed E-state index contributed by atoms with van der Waals surface area (Å²) < 4.78 is 9.28. The number of esters is 1. The molecule has 4 bridgehead atoms. The first-order valence-electron chi connectivity index (χ1n) is 11.4. The first-order chi connectivity index (χ1) is 15.2. The van der Waals surface area contributed by atoms with Gasteiger partial charge in [-0.05, 0) is 74.8 Å². The number of hydrogen-bond donors (Lipinski definition) is 0. The van der Waals surface area contributed by atoms with Crippen LogP contribution in [0.15, 0.2) is 23.0 Å². The van der Waals surface area contributed by atoms with E-state index in [1.165, 1.54) is 23.8 Å². The number of aryl methyl sites for hydroxylation is 2. The van der Waals surface area contributed by atoms with Crippen LogP contribution in [0.3, 0.4) is 0 Å². The van der Waals surface area contributed by atoms with Crippen molar-refractivity contribution in [2.75, 3.05) is 0 Å². The molecule has 0 aliphatic heterocycles. The topological polar surface area (TPSA) is 78.5 Å². The molecular weight excluding hydrogens is 472 g/mol. The van der Waals surface area contributed by atoms with Gasteiger partial charge < -0.3 is 4.74 Å². The summed E-state index contributed by atoms with van der Waals surface area (Å²) in [5, 5.41) is 9.05. The minimum atomic E-state index is -0.162. The summed E-state index contributed by atoms with van der Waals surface area (Å²) in [6.07, 6.45) is 7.65. The number of aromatic nitrogens is 4. The molecule has 4 fully saturated rings. The first kappa shape index (κ1) is 20.4. The summed E-state index contributed by atoms with van der Waals surface area (Å²) >= 11 is 4.02. The second-order valence-corrected chi connectivity index (χ2v) is 12.3. The highest BCUT2D eigenvalue weighted by atomic mass is 79.9. The van der Waals surface area contributed by atoms with Crippen molar-refractivity contribution in [3.63, 3.8) is 0 Å². The molecule has 0 spiro atoms. The van der Waals surface area contributed by atoms with Crippen molar-refractivity contribution in [1.82, 2.24) is 19.2 Å². The number of alkyl halides is 1. The lowest BCUT2D eigenvalue weighted by atomic mass is 9.49. The van der Waals surface area contributed by atoms with Gasteiger partial charge in [0, 0.05) is 11.4 Å². The molecular formula is C24H27BrN4O3. The number of carbonyl (C=O) groups excluding carboxylic acids is 1. The predicted molar refractivity (Wildman–Crippen MR) is 124 cm³/mol. The Hall–Kier alpha value is -2.22. The number of hydrogen-bond acceptors (Lipinski definition) is 5. The number of nitrogens with zero attached hydrogens (tertiary/aromatic N) is 4. The highest BCUT2D eigenvalue weighted by Gasteiger charge is 2.57. The maximum atomic E-state index is 12.9. The molecule has 4 aliphatic rings. The molecule has 0 saturated heterocycles. The van der Waals surface area contributed by atoms with Crippen LogP contribution in [0.4, 0.5) is 0 Å². The molecule has 2 unspecified atom stereocenters. The smallest absolute Gasteiger partial charge is 0.306 e. The van der Waals surface area contributed by atoms with Crippen molar-refractivity contribution in [2.45, 2.75) is 62.8 Å². The summed E-state index contributed by atoms with van der Waals surface area (Å²) in [6, 6.07) is 5.73. The summed E-state index contributed by atoms with van der Waals surface area (Å²) in [6.45, 7) is 2.00. The Kier molecular flexibility index (Phi) is 4.39. The molecule has 4 saturated carbocycles. The molecule has 4 aliphatic carbocycles. The molecule has 7 nitrogen and oxygen atoms in total. The fraction of sp³-hybridized carbons (Fsp3) is 0.583. The van der Waals surface area contributed by atoms with Gasteiger partial charge in [0.1, 0.15) is 0 Å². The first-order valence-corrected chi connectivity index (χ1v) is 12.2. The summed E-state index contributed by atoms with van der Waals surface area (Å²) in [7, 11) is 1.69. The van der Waals surface area contributed by atoms with Gasteiger partial charge in [0.05, 0.1) is 17.3 Å². The zero-order valence-electron chi connectivity index (χ0n) is 18.4.